The number of rotatable bonds is 5. The van der Waals surface area contributed by atoms with Crippen molar-refractivity contribution in [3.05, 3.63) is 71.3 Å². The van der Waals surface area contributed by atoms with E-state index >= 15 is 0 Å². The van der Waals surface area contributed by atoms with Gasteiger partial charge in [0, 0.05) is 18.7 Å². The maximum atomic E-state index is 12.5. The molecule has 0 atom stereocenters. The Bertz CT molecular complexity index is 848. The van der Waals surface area contributed by atoms with Crippen molar-refractivity contribution in [1.29, 1.82) is 0 Å². The number of carbonyl (C=O) groups is 2. The van der Waals surface area contributed by atoms with E-state index in [1.165, 1.54) is 0 Å². The Hall–Kier alpha value is -2.87. The van der Waals surface area contributed by atoms with E-state index in [1.807, 2.05) is 41.3 Å². The summed E-state index contributed by atoms with van der Waals surface area (Å²) in [4.78, 5) is 29.1. The summed E-state index contributed by atoms with van der Waals surface area (Å²) in [6.07, 6.45) is -3.42. The predicted molar refractivity (Wildman–Crippen MR) is 99.7 cm³/mol. The lowest BCUT2D eigenvalue weighted by Gasteiger charge is -2.32. The normalized spacial score (nSPS) is 15.2. The molecule has 0 unspecified atom stereocenters. The highest BCUT2D eigenvalue weighted by Gasteiger charge is 2.41. The lowest BCUT2D eigenvalue weighted by Crippen LogP contribution is -2.37. The molecule has 2 aromatic rings. The minimum Gasteiger partial charge on any atom is -0.363 e. The van der Waals surface area contributed by atoms with Crippen molar-refractivity contribution in [3.8, 4) is 0 Å². The highest BCUT2D eigenvalue weighted by atomic mass is 19.4. The number of nitrogens with one attached hydrogen (secondary N) is 1. The minimum atomic E-state index is -5.03. The van der Waals surface area contributed by atoms with Crippen LogP contribution < -0.4 is 5.48 Å². The zero-order chi connectivity index (χ0) is 20.9. The molecule has 1 amide bonds. The van der Waals surface area contributed by atoms with Gasteiger partial charge in [0.1, 0.15) is 0 Å². The monoisotopic (exact) mass is 406 g/mol. The summed E-state index contributed by atoms with van der Waals surface area (Å²) in [5, 5.41) is 0. The molecule has 1 aliphatic rings. The number of amides is 1. The SMILES string of the molecule is O=C(c1ccccc1)N1CCC(c2cccc(CNOC(=O)C(F)(F)F)c2)CC1. The molecule has 5 nitrogen and oxygen atoms in total. The smallest absolute Gasteiger partial charge is 0.363 e. The first-order chi connectivity index (χ1) is 13.8. The van der Waals surface area contributed by atoms with E-state index in [-0.39, 0.29) is 18.4 Å². The first-order valence-corrected chi connectivity index (χ1v) is 9.28. The quantitative estimate of drug-likeness (QED) is 0.767. The van der Waals surface area contributed by atoms with Gasteiger partial charge in [-0.15, -0.1) is 5.48 Å². The summed E-state index contributed by atoms with van der Waals surface area (Å²) in [6.45, 7) is 1.26. The van der Waals surface area contributed by atoms with E-state index < -0.39 is 12.1 Å². The van der Waals surface area contributed by atoms with Crippen molar-refractivity contribution in [2.24, 2.45) is 0 Å². The van der Waals surface area contributed by atoms with Gasteiger partial charge in [0.25, 0.3) is 5.91 Å². The van der Waals surface area contributed by atoms with Gasteiger partial charge in [-0.1, -0.05) is 42.5 Å². The Kier molecular flexibility index (Phi) is 6.53. The summed E-state index contributed by atoms with van der Waals surface area (Å²) in [6, 6.07) is 16.6. The van der Waals surface area contributed by atoms with Crippen LogP contribution in [0, 0.1) is 0 Å². The third-order valence-corrected chi connectivity index (χ3v) is 4.90. The number of piperidine rings is 1. The Morgan fingerprint density at radius 3 is 2.38 bits per heavy atom. The molecule has 0 bridgehead atoms. The first-order valence-electron chi connectivity index (χ1n) is 9.28. The lowest BCUT2D eigenvalue weighted by molar-refractivity contribution is -0.207. The molecular weight excluding hydrogens is 385 g/mol. The molecule has 3 rings (SSSR count). The van der Waals surface area contributed by atoms with E-state index in [0.717, 1.165) is 18.4 Å². The number of hydrogen-bond donors (Lipinski definition) is 1. The third-order valence-electron chi connectivity index (χ3n) is 4.90. The average molecular weight is 406 g/mol. The van der Waals surface area contributed by atoms with Gasteiger partial charge in [-0.05, 0) is 42.0 Å². The lowest BCUT2D eigenvalue weighted by atomic mass is 9.88. The molecule has 1 aliphatic heterocycles. The number of hydroxylamine groups is 1. The van der Waals surface area contributed by atoms with Crippen molar-refractivity contribution in [3.63, 3.8) is 0 Å². The van der Waals surface area contributed by atoms with Crippen LogP contribution in [0.1, 0.15) is 40.2 Å². The number of benzene rings is 2. The van der Waals surface area contributed by atoms with Crippen molar-refractivity contribution in [2.75, 3.05) is 13.1 Å². The second-order valence-corrected chi connectivity index (χ2v) is 6.89. The number of likely N-dealkylation sites (tertiary alicyclic amines) is 1. The first kappa shape index (κ1) is 20.9. The van der Waals surface area contributed by atoms with Gasteiger partial charge in [0.2, 0.25) is 0 Å². The number of nitrogens with zero attached hydrogens (tertiary/aromatic N) is 1. The molecule has 2 aromatic carbocycles. The van der Waals surface area contributed by atoms with Gasteiger partial charge in [-0.2, -0.15) is 13.2 Å². The highest BCUT2D eigenvalue weighted by molar-refractivity contribution is 5.94. The second kappa shape index (κ2) is 9.09. The standard InChI is InChI=1S/C21H21F3N2O3/c22-21(23,24)20(28)29-25-14-15-5-4-8-18(13-15)16-9-11-26(12-10-16)19(27)17-6-2-1-3-7-17/h1-8,13,16,25H,9-12,14H2. The summed E-state index contributed by atoms with van der Waals surface area (Å²) in [5.74, 6) is -2.00. The van der Waals surface area contributed by atoms with Gasteiger partial charge < -0.3 is 9.74 Å². The molecule has 0 spiro atoms. The molecular formula is C21H21F3N2O3. The maximum Gasteiger partial charge on any atom is 0.492 e. The van der Waals surface area contributed by atoms with E-state index in [2.05, 4.69) is 10.3 Å². The summed E-state index contributed by atoms with van der Waals surface area (Å²) >= 11 is 0. The van der Waals surface area contributed by atoms with Crippen LogP contribution in [-0.4, -0.2) is 36.0 Å². The van der Waals surface area contributed by atoms with Gasteiger partial charge in [0.05, 0.1) is 6.54 Å². The molecule has 1 N–H and O–H groups in total. The molecule has 1 fully saturated rings. The van der Waals surface area contributed by atoms with Gasteiger partial charge in [0.15, 0.2) is 0 Å². The van der Waals surface area contributed by atoms with Crippen LogP contribution in [0.15, 0.2) is 54.6 Å². The Balaban J connectivity index is 1.53. The number of halogens is 3. The summed E-state index contributed by atoms with van der Waals surface area (Å²) < 4.78 is 36.4. The third kappa shape index (κ3) is 5.57. The van der Waals surface area contributed by atoms with E-state index in [9.17, 15) is 22.8 Å². The summed E-state index contributed by atoms with van der Waals surface area (Å²) in [7, 11) is 0. The Morgan fingerprint density at radius 2 is 1.72 bits per heavy atom. The van der Waals surface area contributed by atoms with Gasteiger partial charge in [-0.25, -0.2) is 4.79 Å². The molecule has 154 valence electrons. The maximum absolute atomic E-state index is 12.5. The molecule has 1 saturated heterocycles. The van der Waals surface area contributed by atoms with Crippen LogP contribution in [0.25, 0.3) is 0 Å². The fourth-order valence-electron chi connectivity index (χ4n) is 3.38. The van der Waals surface area contributed by atoms with Crippen molar-refractivity contribution in [2.45, 2.75) is 31.5 Å². The van der Waals surface area contributed by atoms with Gasteiger partial charge >= 0.3 is 12.1 Å². The van der Waals surface area contributed by atoms with Crippen LogP contribution in [0.2, 0.25) is 0 Å². The van der Waals surface area contributed by atoms with Crippen LogP contribution in [0.5, 0.6) is 0 Å². The van der Waals surface area contributed by atoms with E-state index in [0.29, 0.717) is 24.2 Å². The highest BCUT2D eigenvalue weighted by Crippen LogP contribution is 2.29. The van der Waals surface area contributed by atoms with E-state index in [1.54, 1.807) is 18.2 Å². The fourth-order valence-corrected chi connectivity index (χ4v) is 3.38. The molecule has 0 aromatic heterocycles. The molecule has 0 aliphatic carbocycles. The molecule has 29 heavy (non-hydrogen) atoms. The van der Waals surface area contributed by atoms with Crippen molar-refractivity contribution < 1.29 is 27.6 Å². The van der Waals surface area contributed by atoms with Crippen molar-refractivity contribution >= 4 is 11.9 Å². The van der Waals surface area contributed by atoms with Crippen molar-refractivity contribution in [1.82, 2.24) is 10.4 Å². The second-order valence-electron chi connectivity index (χ2n) is 6.89. The molecule has 0 saturated carbocycles. The largest absolute Gasteiger partial charge is 0.492 e. The van der Waals surface area contributed by atoms with Crippen LogP contribution in [0.3, 0.4) is 0 Å². The van der Waals surface area contributed by atoms with Crippen LogP contribution >= 0.6 is 0 Å². The number of carbonyl (C=O) groups excluding carboxylic acids is 2. The minimum absolute atomic E-state index is 0.0217. The molecule has 0 radical (unpaired) electrons. The molecule has 1 heterocycles. The zero-order valence-electron chi connectivity index (χ0n) is 15.6. The Labute approximate surface area is 166 Å². The molecule has 8 heteroatoms. The number of hydrogen-bond acceptors (Lipinski definition) is 4. The van der Waals surface area contributed by atoms with Crippen LogP contribution in [-0.2, 0) is 16.2 Å². The fraction of sp³-hybridized carbons (Fsp3) is 0.333. The van der Waals surface area contributed by atoms with Gasteiger partial charge in [-0.3, -0.25) is 4.79 Å². The summed E-state index contributed by atoms with van der Waals surface area (Å²) in [5.41, 5.74) is 4.49. The van der Waals surface area contributed by atoms with E-state index in [4.69, 9.17) is 0 Å². The van der Waals surface area contributed by atoms with Crippen LogP contribution in [0.4, 0.5) is 13.2 Å². The predicted octanol–water partition coefficient (Wildman–Crippen LogP) is 3.82. The number of alkyl halides is 3. The average Bonchev–Trinajstić information content (AvgIpc) is 2.73. The Morgan fingerprint density at radius 1 is 1.03 bits per heavy atom. The topological polar surface area (TPSA) is 58.6 Å². The zero-order valence-corrected chi connectivity index (χ0v) is 15.6.